The summed E-state index contributed by atoms with van der Waals surface area (Å²) in [6, 6.07) is -0.262. The van der Waals surface area contributed by atoms with E-state index in [0.29, 0.717) is 0 Å². The highest BCUT2D eigenvalue weighted by Gasteiger charge is 2.34. The standard InChI is InChI=1S/C10H19ClN2O4S/c1-8-7-12(18(11,15)16)5-6-13(8)9(14)17-10(2,3)4/h8H,5-7H2,1-4H3/t8-/m0/s1. The largest absolute Gasteiger partial charge is 0.444 e. The van der Waals surface area contributed by atoms with Crippen LogP contribution in [0.5, 0.6) is 0 Å². The summed E-state index contributed by atoms with van der Waals surface area (Å²) in [6.45, 7) is 7.78. The third kappa shape index (κ3) is 4.29. The molecule has 0 radical (unpaired) electrons. The average Bonchev–Trinajstić information content (AvgIpc) is 2.12. The van der Waals surface area contributed by atoms with Crippen LogP contribution in [0.4, 0.5) is 4.79 Å². The van der Waals surface area contributed by atoms with E-state index >= 15 is 0 Å². The summed E-state index contributed by atoms with van der Waals surface area (Å²) in [4.78, 5) is 13.4. The van der Waals surface area contributed by atoms with Crippen molar-refractivity contribution in [3.05, 3.63) is 0 Å². The van der Waals surface area contributed by atoms with Crippen LogP contribution in [-0.2, 0) is 14.0 Å². The summed E-state index contributed by atoms with van der Waals surface area (Å²) in [6.07, 6.45) is -0.429. The van der Waals surface area contributed by atoms with E-state index in [1.54, 1.807) is 27.7 Å². The van der Waals surface area contributed by atoms with Gasteiger partial charge in [0.25, 0.3) is 9.24 Å². The number of amides is 1. The zero-order valence-corrected chi connectivity index (χ0v) is 12.6. The molecular formula is C10H19ClN2O4S. The van der Waals surface area contributed by atoms with Gasteiger partial charge in [0.1, 0.15) is 5.60 Å². The maximum atomic E-state index is 11.9. The van der Waals surface area contributed by atoms with Crippen LogP contribution in [0.25, 0.3) is 0 Å². The maximum Gasteiger partial charge on any atom is 0.410 e. The van der Waals surface area contributed by atoms with E-state index in [-0.39, 0.29) is 25.7 Å². The van der Waals surface area contributed by atoms with E-state index in [2.05, 4.69) is 0 Å². The SMILES string of the molecule is C[C@H]1CN(S(=O)(=O)Cl)CCN1C(=O)OC(C)(C)C. The molecule has 1 heterocycles. The molecule has 1 fully saturated rings. The fourth-order valence-corrected chi connectivity index (χ4v) is 2.78. The van der Waals surface area contributed by atoms with Crippen molar-refractivity contribution in [3.8, 4) is 0 Å². The van der Waals surface area contributed by atoms with Crippen LogP contribution in [0.2, 0.25) is 0 Å². The Balaban J connectivity index is 2.66. The molecule has 1 saturated heterocycles. The molecule has 106 valence electrons. The quantitative estimate of drug-likeness (QED) is 0.687. The maximum absolute atomic E-state index is 11.9. The lowest BCUT2D eigenvalue weighted by atomic mass is 10.2. The first-order chi connectivity index (χ1) is 8.00. The number of halogens is 1. The molecule has 18 heavy (non-hydrogen) atoms. The molecule has 0 saturated carbocycles. The van der Waals surface area contributed by atoms with Crippen molar-refractivity contribution in [2.24, 2.45) is 0 Å². The summed E-state index contributed by atoms with van der Waals surface area (Å²) in [5.41, 5.74) is -0.563. The number of nitrogens with zero attached hydrogens (tertiary/aromatic N) is 2. The molecule has 0 unspecified atom stereocenters. The topological polar surface area (TPSA) is 66.9 Å². The molecule has 1 aliphatic heterocycles. The summed E-state index contributed by atoms with van der Waals surface area (Å²) in [5, 5.41) is 0. The van der Waals surface area contributed by atoms with Crippen molar-refractivity contribution in [2.75, 3.05) is 19.6 Å². The van der Waals surface area contributed by atoms with Crippen LogP contribution in [0.15, 0.2) is 0 Å². The van der Waals surface area contributed by atoms with E-state index in [0.717, 1.165) is 4.31 Å². The Hall–Kier alpha value is -0.530. The van der Waals surface area contributed by atoms with Gasteiger partial charge in [-0.2, -0.15) is 12.7 Å². The molecule has 8 heteroatoms. The molecule has 0 aliphatic carbocycles. The van der Waals surface area contributed by atoms with Crippen molar-refractivity contribution >= 4 is 26.0 Å². The van der Waals surface area contributed by atoms with Crippen LogP contribution in [0.1, 0.15) is 27.7 Å². The van der Waals surface area contributed by atoms with Crippen LogP contribution < -0.4 is 0 Å². The second-order valence-electron chi connectivity index (χ2n) is 5.32. The van der Waals surface area contributed by atoms with Crippen LogP contribution in [0, 0.1) is 0 Å². The van der Waals surface area contributed by atoms with Crippen molar-refractivity contribution in [1.82, 2.24) is 9.21 Å². The Morgan fingerprint density at radius 1 is 1.33 bits per heavy atom. The summed E-state index contributed by atoms with van der Waals surface area (Å²) in [5.74, 6) is 0. The van der Waals surface area contributed by atoms with Gasteiger partial charge in [-0.25, -0.2) is 4.79 Å². The normalized spacial score (nSPS) is 22.9. The minimum absolute atomic E-state index is 0.186. The third-order valence-corrected chi connectivity index (χ3v) is 4.06. The van der Waals surface area contributed by atoms with Gasteiger partial charge in [-0.15, -0.1) is 0 Å². The van der Waals surface area contributed by atoms with Gasteiger partial charge < -0.3 is 9.64 Å². The van der Waals surface area contributed by atoms with E-state index in [4.69, 9.17) is 15.4 Å². The lowest BCUT2D eigenvalue weighted by Gasteiger charge is -2.38. The first-order valence-electron chi connectivity index (χ1n) is 5.70. The smallest absolute Gasteiger partial charge is 0.410 e. The van der Waals surface area contributed by atoms with Crippen LogP contribution >= 0.6 is 10.7 Å². The van der Waals surface area contributed by atoms with Crippen molar-refractivity contribution in [1.29, 1.82) is 0 Å². The molecular weight excluding hydrogens is 280 g/mol. The molecule has 1 aliphatic rings. The van der Waals surface area contributed by atoms with Crippen molar-refractivity contribution in [2.45, 2.75) is 39.3 Å². The molecule has 1 atom stereocenters. The van der Waals surface area contributed by atoms with Gasteiger partial charge in [0, 0.05) is 36.4 Å². The summed E-state index contributed by atoms with van der Waals surface area (Å²) in [7, 11) is 1.56. The fraction of sp³-hybridized carbons (Fsp3) is 0.900. The second kappa shape index (κ2) is 5.22. The highest BCUT2D eigenvalue weighted by atomic mass is 35.7. The molecule has 0 aromatic rings. The molecule has 0 aromatic carbocycles. The van der Waals surface area contributed by atoms with Gasteiger partial charge in [-0.05, 0) is 27.7 Å². The molecule has 0 aromatic heterocycles. The van der Waals surface area contributed by atoms with Gasteiger partial charge >= 0.3 is 6.09 Å². The number of piperazine rings is 1. The lowest BCUT2D eigenvalue weighted by Crippen LogP contribution is -2.55. The monoisotopic (exact) mass is 298 g/mol. The number of hydrogen-bond donors (Lipinski definition) is 0. The minimum atomic E-state index is -3.72. The van der Waals surface area contributed by atoms with Gasteiger partial charge in [-0.3, -0.25) is 0 Å². The number of hydrogen-bond acceptors (Lipinski definition) is 4. The summed E-state index contributed by atoms with van der Waals surface area (Å²) < 4.78 is 28.8. The van der Waals surface area contributed by atoms with E-state index in [1.165, 1.54) is 4.90 Å². The minimum Gasteiger partial charge on any atom is -0.444 e. The number of carbonyl (C=O) groups is 1. The van der Waals surface area contributed by atoms with E-state index < -0.39 is 20.9 Å². The fourth-order valence-electron chi connectivity index (χ4n) is 1.71. The van der Waals surface area contributed by atoms with Gasteiger partial charge in [-0.1, -0.05) is 0 Å². The lowest BCUT2D eigenvalue weighted by molar-refractivity contribution is 0.00875. The van der Waals surface area contributed by atoms with E-state index in [1.807, 2.05) is 0 Å². The van der Waals surface area contributed by atoms with Crippen molar-refractivity contribution < 1.29 is 17.9 Å². The van der Waals surface area contributed by atoms with Gasteiger partial charge in [0.2, 0.25) is 0 Å². The zero-order valence-electron chi connectivity index (χ0n) is 11.0. The Bertz CT molecular complexity index is 418. The highest BCUT2D eigenvalue weighted by Crippen LogP contribution is 2.18. The predicted molar refractivity (Wildman–Crippen MR) is 68.7 cm³/mol. The first kappa shape index (κ1) is 15.5. The zero-order chi connectivity index (χ0) is 14.1. The number of ether oxygens (including phenoxy) is 1. The van der Waals surface area contributed by atoms with Crippen molar-refractivity contribution in [3.63, 3.8) is 0 Å². The number of rotatable bonds is 1. The molecule has 0 spiro atoms. The van der Waals surface area contributed by atoms with Gasteiger partial charge in [0.05, 0.1) is 0 Å². The third-order valence-electron chi connectivity index (χ3n) is 2.53. The predicted octanol–water partition coefficient (Wildman–Crippen LogP) is 1.41. The Labute approximate surface area is 112 Å². The molecule has 6 nitrogen and oxygen atoms in total. The number of carbonyl (C=O) groups excluding carboxylic acids is 1. The molecule has 1 rings (SSSR count). The van der Waals surface area contributed by atoms with Crippen LogP contribution in [0.3, 0.4) is 0 Å². The van der Waals surface area contributed by atoms with Gasteiger partial charge in [0.15, 0.2) is 0 Å². The highest BCUT2D eigenvalue weighted by molar-refractivity contribution is 8.11. The van der Waals surface area contributed by atoms with E-state index in [9.17, 15) is 13.2 Å². The Kier molecular flexibility index (Phi) is 4.51. The second-order valence-corrected chi connectivity index (χ2v) is 7.83. The summed E-state index contributed by atoms with van der Waals surface area (Å²) >= 11 is 0. The Morgan fingerprint density at radius 2 is 1.89 bits per heavy atom. The average molecular weight is 299 g/mol. The molecule has 0 N–H and O–H groups in total. The Morgan fingerprint density at radius 3 is 2.28 bits per heavy atom. The molecule has 0 bridgehead atoms. The van der Waals surface area contributed by atoms with Crippen LogP contribution in [-0.4, -0.2) is 55.0 Å². The first-order valence-corrected chi connectivity index (χ1v) is 7.96. The molecule has 1 amide bonds.